The van der Waals surface area contributed by atoms with E-state index < -0.39 is 0 Å². The van der Waals surface area contributed by atoms with E-state index in [0.717, 1.165) is 13.0 Å². The summed E-state index contributed by atoms with van der Waals surface area (Å²) >= 11 is 0. The number of carbonyl (C=O) groups excluding carboxylic acids is 1. The molecule has 11 heavy (non-hydrogen) atoms. The predicted molar refractivity (Wildman–Crippen MR) is 45.4 cm³/mol. The Labute approximate surface area is 67.5 Å². The first-order valence-corrected chi connectivity index (χ1v) is 3.87. The van der Waals surface area contributed by atoms with Crippen molar-refractivity contribution in [3.05, 3.63) is 5.73 Å². The second kappa shape index (κ2) is 7.50. The van der Waals surface area contributed by atoms with Gasteiger partial charge in [0.25, 0.3) is 0 Å². The van der Waals surface area contributed by atoms with Crippen LogP contribution in [0, 0.1) is 0 Å². The molecule has 0 spiro atoms. The second-order valence-corrected chi connectivity index (χ2v) is 2.28. The van der Waals surface area contributed by atoms with E-state index in [1.165, 1.54) is 0 Å². The van der Waals surface area contributed by atoms with Crippen molar-refractivity contribution in [2.45, 2.75) is 12.8 Å². The van der Waals surface area contributed by atoms with E-state index in [4.69, 9.17) is 5.73 Å². The fourth-order valence-corrected chi connectivity index (χ4v) is 0.712. The lowest BCUT2D eigenvalue weighted by molar-refractivity contribution is -0.120. The summed E-state index contributed by atoms with van der Waals surface area (Å²) in [6.07, 6.45) is 1.42. The van der Waals surface area contributed by atoms with Crippen LogP contribution in [0.15, 0.2) is 0 Å². The molecule has 0 aromatic heterocycles. The number of nitrogens with one attached hydrogen (secondary N) is 3. The summed E-state index contributed by atoms with van der Waals surface area (Å²) < 4.78 is 0. The molecule has 3 N–H and O–H groups in total. The van der Waals surface area contributed by atoms with Crippen LogP contribution in [0.3, 0.4) is 0 Å². The molecule has 0 aliphatic rings. The van der Waals surface area contributed by atoms with Gasteiger partial charge in [-0.05, 0) is 19.5 Å². The van der Waals surface area contributed by atoms with E-state index in [1.54, 1.807) is 7.05 Å². The zero-order valence-corrected chi connectivity index (χ0v) is 6.94. The molecule has 0 atom stereocenters. The fraction of sp³-hybridized carbons (Fsp3) is 0.857. The summed E-state index contributed by atoms with van der Waals surface area (Å²) in [5.74, 6) is 0.0812. The number of hydrogen-bond acceptors (Lipinski definition) is 2. The zero-order chi connectivity index (χ0) is 8.53. The summed E-state index contributed by atoms with van der Waals surface area (Å²) in [7, 11) is 1.64. The standard InChI is InChI=1S/C7H16N3O/c1-9-7(11)3-2-5-10-6-4-8/h8,10H,2-6H2,1H3,(H,9,11)/q-1. The third kappa shape index (κ3) is 7.29. The normalized spacial score (nSPS) is 9.64. The lowest BCUT2D eigenvalue weighted by atomic mass is 10.3. The smallest absolute Gasteiger partial charge is 0.219 e. The average molecular weight is 158 g/mol. The largest absolute Gasteiger partial charge is 0.676 e. The van der Waals surface area contributed by atoms with Crippen LogP contribution in [0.2, 0.25) is 0 Å². The molecule has 0 aliphatic heterocycles. The first kappa shape index (κ1) is 10.4. The van der Waals surface area contributed by atoms with Crippen molar-refractivity contribution < 1.29 is 4.79 Å². The molecular weight excluding hydrogens is 142 g/mol. The van der Waals surface area contributed by atoms with Gasteiger partial charge < -0.3 is 16.4 Å². The van der Waals surface area contributed by atoms with Crippen LogP contribution in [0.1, 0.15) is 12.8 Å². The molecule has 66 valence electrons. The van der Waals surface area contributed by atoms with Gasteiger partial charge in [0.05, 0.1) is 0 Å². The van der Waals surface area contributed by atoms with Crippen molar-refractivity contribution >= 4 is 5.91 Å². The molecule has 0 fully saturated rings. The van der Waals surface area contributed by atoms with Crippen molar-refractivity contribution in [1.82, 2.24) is 10.6 Å². The Bertz CT molecular complexity index is 106. The Morgan fingerprint density at radius 1 is 1.45 bits per heavy atom. The zero-order valence-electron chi connectivity index (χ0n) is 6.94. The van der Waals surface area contributed by atoms with Gasteiger partial charge in [-0.3, -0.25) is 4.79 Å². The second-order valence-electron chi connectivity index (χ2n) is 2.28. The lowest BCUT2D eigenvalue weighted by Gasteiger charge is -2.04. The van der Waals surface area contributed by atoms with Crippen LogP contribution >= 0.6 is 0 Å². The highest BCUT2D eigenvalue weighted by molar-refractivity contribution is 5.75. The van der Waals surface area contributed by atoms with Crippen molar-refractivity contribution in [2.75, 3.05) is 26.7 Å². The Morgan fingerprint density at radius 3 is 2.73 bits per heavy atom. The van der Waals surface area contributed by atoms with Crippen LogP contribution < -0.4 is 10.6 Å². The lowest BCUT2D eigenvalue weighted by Crippen LogP contribution is -2.22. The number of carbonyl (C=O) groups is 1. The van der Waals surface area contributed by atoms with E-state index >= 15 is 0 Å². The molecule has 0 rings (SSSR count). The van der Waals surface area contributed by atoms with Gasteiger partial charge in [-0.25, -0.2) is 0 Å². The molecule has 1 amide bonds. The van der Waals surface area contributed by atoms with Crippen LogP contribution in [-0.4, -0.2) is 32.6 Å². The highest BCUT2D eigenvalue weighted by Gasteiger charge is 1.94. The molecule has 0 aliphatic carbocycles. The van der Waals surface area contributed by atoms with E-state index in [1.807, 2.05) is 0 Å². The maximum atomic E-state index is 10.7. The summed E-state index contributed by atoms with van der Waals surface area (Å²) in [4.78, 5) is 10.7. The highest BCUT2D eigenvalue weighted by Crippen LogP contribution is 1.85. The van der Waals surface area contributed by atoms with E-state index in [0.29, 0.717) is 19.5 Å². The van der Waals surface area contributed by atoms with Gasteiger partial charge in [0.1, 0.15) is 0 Å². The molecule has 0 aromatic carbocycles. The molecule has 0 aromatic rings. The molecule has 0 unspecified atom stereocenters. The van der Waals surface area contributed by atoms with Crippen molar-refractivity contribution in [2.24, 2.45) is 0 Å². The first-order chi connectivity index (χ1) is 5.31. The minimum Gasteiger partial charge on any atom is -0.676 e. The van der Waals surface area contributed by atoms with Gasteiger partial charge in [-0.15, -0.1) is 6.54 Å². The Morgan fingerprint density at radius 2 is 2.18 bits per heavy atom. The third-order valence-corrected chi connectivity index (χ3v) is 1.34. The SMILES string of the molecule is CNC(=O)CCCNCC[NH-]. The van der Waals surface area contributed by atoms with Gasteiger partial charge >= 0.3 is 0 Å². The van der Waals surface area contributed by atoms with E-state index in [-0.39, 0.29) is 5.91 Å². The molecule has 0 heterocycles. The van der Waals surface area contributed by atoms with Gasteiger partial charge in [0.2, 0.25) is 5.91 Å². The number of rotatable bonds is 6. The molecule has 0 radical (unpaired) electrons. The molecule has 0 bridgehead atoms. The van der Waals surface area contributed by atoms with Crippen LogP contribution in [0.5, 0.6) is 0 Å². The maximum Gasteiger partial charge on any atom is 0.219 e. The van der Waals surface area contributed by atoms with Crippen molar-refractivity contribution in [1.29, 1.82) is 0 Å². The van der Waals surface area contributed by atoms with Gasteiger partial charge in [0.15, 0.2) is 0 Å². The van der Waals surface area contributed by atoms with Crippen molar-refractivity contribution in [3.8, 4) is 0 Å². The summed E-state index contributed by atoms with van der Waals surface area (Å²) in [6, 6.07) is 0. The van der Waals surface area contributed by atoms with Crippen LogP contribution in [0.25, 0.3) is 5.73 Å². The fourth-order valence-electron chi connectivity index (χ4n) is 0.712. The van der Waals surface area contributed by atoms with Crippen molar-refractivity contribution in [3.63, 3.8) is 0 Å². The number of amides is 1. The Balaban J connectivity index is 2.95. The summed E-state index contributed by atoms with van der Waals surface area (Å²) in [5, 5.41) is 5.60. The molecular formula is C7H16N3O-. The van der Waals surface area contributed by atoms with Crippen LogP contribution in [-0.2, 0) is 4.79 Å². The maximum absolute atomic E-state index is 10.7. The molecule has 0 saturated carbocycles. The highest BCUT2D eigenvalue weighted by atomic mass is 16.1. The predicted octanol–water partition coefficient (Wildman–Crippen LogP) is 0.154. The van der Waals surface area contributed by atoms with Crippen LogP contribution in [0.4, 0.5) is 0 Å². The minimum atomic E-state index is 0.0812. The average Bonchev–Trinajstić information content (AvgIpc) is 2.04. The van der Waals surface area contributed by atoms with E-state index in [9.17, 15) is 4.79 Å². The quantitative estimate of drug-likeness (QED) is 0.540. The topological polar surface area (TPSA) is 64.9 Å². The summed E-state index contributed by atoms with van der Waals surface area (Å²) in [5.41, 5.74) is 6.82. The van der Waals surface area contributed by atoms with E-state index in [2.05, 4.69) is 10.6 Å². The third-order valence-electron chi connectivity index (χ3n) is 1.34. The Hall–Kier alpha value is -0.610. The number of hydrogen-bond donors (Lipinski definition) is 2. The molecule has 4 nitrogen and oxygen atoms in total. The summed E-state index contributed by atoms with van der Waals surface area (Å²) in [6.45, 7) is 1.94. The monoisotopic (exact) mass is 158 g/mol. The minimum absolute atomic E-state index is 0.0812. The van der Waals surface area contributed by atoms with Gasteiger partial charge in [0, 0.05) is 13.5 Å². The Kier molecular flexibility index (Phi) is 7.08. The van der Waals surface area contributed by atoms with Gasteiger partial charge in [-0.2, -0.15) is 0 Å². The van der Waals surface area contributed by atoms with Gasteiger partial charge in [-0.1, -0.05) is 0 Å². The molecule has 4 heteroatoms. The first-order valence-electron chi connectivity index (χ1n) is 3.87. The molecule has 0 saturated heterocycles.